The maximum atomic E-state index is 13.0. The second-order valence-corrected chi connectivity index (χ2v) is 10.9. The van der Waals surface area contributed by atoms with E-state index in [1.54, 1.807) is 42.5 Å². The lowest BCUT2D eigenvalue weighted by atomic mass is 10.1. The maximum Gasteiger partial charge on any atom is 0.243 e. The van der Waals surface area contributed by atoms with Gasteiger partial charge in [-0.05, 0) is 49.1 Å². The van der Waals surface area contributed by atoms with E-state index in [9.17, 15) is 16.8 Å². The molecule has 0 saturated carbocycles. The van der Waals surface area contributed by atoms with Crippen LogP contribution in [0, 0.1) is 13.8 Å². The molecule has 0 aliphatic carbocycles. The summed E-state index contributed by atoms with van der Waals surface area (Å²) in [5.41, 5.74) is 2.64. The lowest BCUT2D eigenvalue weighted by molar-refractivity contribution is 0.428. The number of hydrogen-bond donors (Lipinski definition) is 0. The number of sulfone groups is 1. The van der Waals surface area contributed by atoms with E-state index >= 15 is 0 Å². The van der Waals surface area contributed by atoms with Crippen LogP contribution in [0.4, 0.5) is 0 Å². The SMILES string of the molecule is Cc1ccc(S(=O)(=O)N2CC[C@H](c3ccccc3)S(=O)(=O)CC2)cc1C. The summed E-state index contributed by atoms with van der Waals surface area (Å²) < 4.78 is 52.7. The number of hydrogen-bond acceptors (Lipinski definition) is 4. The van der Waals surface area contributed by atoms with E-state index in [1.165, 1.54) is 4.31 Å². The van der Waals surface area contributed by atoms with Crippen LogP contribution in [0.25, 0.3) is 0 Å². The van der Waals surface area contributed by atoms with Crippen LogP contribution in [-0.2, 0) is 19.9 Å². The molecule has 1 aliphatic heterocycles. The molecular weight excluding hydrogens is 370 g/mol. The highest BCUT2D eigenvalue weighted by Gasteiger charge is 2.35. The van der Waals surface area contributed by atoms with Crippen molar-refractivity contribution in [3.8, 4) is 0 Å². The highest BCUT2D eigenvalue weighted by Crippen LogP contribution is 2.31. The molecule has 0 radical (unpaired) electrons. The van der Waals surface area contributed by atoms with Crippen LogP contribution in [0.2, 0.25) is 0 Å². The standard InChI is InChI=1S/C19H23NO4S2/c1-15-8-9-18(14-16(15)2)26(23,24)20-11-10-19(25(21,22)13-12-20)17-6-4-3-5-7-17/h3-9,14,19H,10-13H2,1-2H3/t19-/m1/s1. The number of aryl methyl sites for hydroxylation is 2. The van der Waals surface area contributed by atoms with Crippen LogP contribution in [-0.4, -0.2) is 40.0 Å². The van der Waals surface area contributed by atoms with E-state index in [4.69, 9.17) is 0 Å². The summed E-state index contributed by atoms with van der Waals surface area (Å²) in [6.45, 7) is 3.97. The van der Waals surface area contributed by atoms with Gasteiger partial charge in [-0.15, -0.1) is 0 Å². The van der Waals surface area contributed by atoms with Gasteiger partial charge in [0.05, 0.1) is 15.9 Å². The van der Waals surface area contributed by atoms with Crippen LogP contribution < -0.4 is 0 Å². The monoisotopic (exact) mass is 393 g/mol. The fourth-order valence-corrected chi connectivity index (χ4v) is 6.68. The van der Waals surface area contributed by atoms with Gasteiger partial charge in [0.1, 0.15) is 0 Å². The van der Waals surface area contributed by atoms with Crippen LogP contribution >= 0.6 is 0 Å². The third kappa shape index (κ3) is 3.70. The van der Waals surface area contributed by atoms with E-state index in [2.05, 4.69) is 0 Å². The quantitative estimate of drug-likeness (QED) is 0.804. The fraction of sp³-hybridized carbons (Fsp3) is 0.368. The number of rotatable bonds is 3. The van der Waals surface area contributed by atoms with E-state index in [0.717, 1.165) is 16.7 Å². The molecule has 2 aromatic carbocycles. The van der Waals surface area contributed by atoms with Crippen molar-refractivity contribution >= 4 is 19.9 Å². The topological polar surface area (TPSA) is 71.5 Å². The van der Waals surface area contributed by atoms with Gasteiger partial charge in [0.25, 0.3) is 0 Å². The molecule has 0 spiro atoms. The Morgan fingerprint density at radius 1 is 0.962 bits per heavy atom. The van der Waals surface area contributed by atoms with Crippen LogP contribution in [0.15, 0.2) is 53.4 Å². The van der Waals surface area contributed by atoms with E-state index in [-0.39, 0.29) is 30.2 Å². The van der Waals surface area contributed by atoms with Crippen LogP contribution in [0.5, 0.6) is 0 Å². The molecule has 1 heterocycles. The van der Waals surface area contributed by atoms with Crippen molar-refractivity contribution in [3.63, 3.8) is 0 Å². The Labute approximate surface area is 155 Å². The molecule has 1 saturated heterocycles. The lowest BCUT2D eigenvalue weighted by Crippen LogP contribution is -2.33. The average Bonchev–Trinajstić information content (AvgIpc) is 2.76. The number of nitrogens with zero attached hydrogens (tertiary/aromatic N) is 1. The second-order valence-electron chi connectivity index (χ2n) is 6.71. The van der Waals surface area contributed by atoms with Crippen molar-refractivity contribution in [2.24, 2.45) is 0 Å². The summed E-state index contributed by atoms with van der Waals surface area (Å²) in [5, 5.41) is -0.663. The Bertz CT molecular complexity index is 999. The third-order valence-corrected chi connectivity index (χ3v) is 9.01. The van der Waals surface area contributed by atoms with Crippen LogP contribution in [0.1, 0.15) is 28.4 Å². The summed E-state index contributed by atoms with van der Waals surface area (Å²) >= 11 is 0. The van der Waals surface area contributed by atoms with E-state index < -0.39 is 25.1 Å². The van der Waals surface area contributed by atoms with Gasteiger partial charge in [-0.1, -0.05) is 36.4 Å². The number of benzene rings is 2. The summed E-state index contributed by atoms with van der Waals surface area (Å²) in [4.78, 5) is 0.219. The van der Waals surface area contributed by atoms with Crippen molar-refractivity contribution < 1.29 is 16.8 Å². The largest absolute Gasteiger partial charge is 0.243 e. The molecule has 0 N–H and O–H groups in total. The highest BCUT2D eigenvalue weighted by atomic mass is 32.2. The summed E-state index contributed by atoms with van der Waals surface area (Å²) in [5.74, 6) is -0.170. The van der Waals surface area contributed by atoms with Crippen molar-refractivity contribution in [1.29, 1.82) is 0 Å². The summed E-state index contributed by atoms with van der Waals surface area (Å²) in [6.07, 6.45) is 0.260. The Balaban J connectivity index is 1.91. The minimum absolute atomic E-state index is 0.0130. The Morgan fingerprint density at radius 2 is 1.65 bits per heavy atom. The fourth-order valence-electron chi connectivity index (χ4n) is 3.23. The molecule has 1 aliphatic rings. The minimum Gasteiger partial charge on any atom is -0.228 e. The van der Waals surface area contributed by atoms with Gasteiger partial charge in [-0.3, -0.25) is 0 Å². The average molecular weight is 394 g/mol. The summed E-state index contributed by atoms with van der Waals surface area (Å²) in [7, 11) is -7.12. The molecule has 0 amide bonds. The van der Waals surface area contributed by atoms with Gasteiger partial charge in [0.15, 0.2) is 9.84 Å². The zero-order chi connectivity index (χ0) is 18.9. The van der Waals surface area contributed by atoms with Gasteiger partial charge in [-0.25, -0.2) is 16.8 Å². The first kappa shape index (κ1) is 19.1. The van der Waals surface area contributed by atoms with Crippen molar-refractivity contribution in [2.75, 3.05) is 18.8 Å². The molecule has 5 nitrogen and oxygen atoms in total. The molecule has 3 rings (SSSR count). The van der Waals surface area contributed by atoms with E-state index in [1.807, 2.05) is 19.9 Å². The molecule has 1 atom stereocenters. The Hall–Kier alpha value is -1.70. The summed E-state index contributed by atoms with van der Waals surface area (Å²) in [6, 6.07) is 14.0. The third-order valence-electron chi connectivity index (χ3n) is 4.99. The second kappa shape index (κ2) is 7.13. The molecule has 0 bridgehead atoms. The lowest BCUT2D eigenvalue weighted by Gasteiger charge is -2.20. The van der Waals surface area contributed by atoms with Gasteiger partial charge < -0.3 is 0 Å². The smallest absolute Gasteiger partial charge is 0.228 e. The minimum atomic E-state index is -3.71. The molecule has 26 heavy (non-hydrogen) atoms. The van der Waals surface area contributed by atoms with Gasteiger partial charge in [-0.2, -0.15) is 4.31 Å². The van der Waals surface area contributed by atoms with Gasteiger partial charge >= 0.3 is 0 Å². The van der Waals surface area contributed by atoms with Crippen molar-refractivity contribution in [3.05, 3.63) is 65.2 Å². The Kier molecular flexibility index (Phi) is 5.23. The Morgan fingerprint density at radius 3 is 2.31 bits per heavy atom. The molecule has 140 valence electrons. The van der Waals surface area contributed by atoms with Crippen LogP contribution in [0.3, 0.4) is 0 Å². The number of sulfonamides is 1. The zero-order valence-corrected chi connectivity index (χ0v) is 16.6. The normalized spacial score (nSPS) is 21.2. The molecule has 0 aromatic heterocycles. The first-order valence-corrected chi connectivity index (χ1v) is 11.7. The predicted molar refractivity (Wildman–Crippen MR) is 102 cm³/mol. The molecular formula is C19H23NO4S2. The predicted octanol–water partition coefficient (Wildman–Crippen LogP) is 2.85. The van der Waals surface area contributed by atoms with Crippen molar-refractivity contribution in [1.82, 2.24) is 4.31 Å². The highest BCUT2D eigenvalue weighted by molar-refractivity contribution is 7.92. The first-order valence-electron chi connectivity index (χ1n) is 8.56. The van der Waals surface area contributed by atoms with E-state index in [0.29, 0.717) is 0 Å². The zero-order valence-electron chi connectivity index (χ0n) is 14.9. The molecule has 7 heteroatoms. The first-order chi connectivity index (χ1) is 12.2. The maximum absolute atomic E-state index is 13.0. The molecule has 0 unspecified atom stereocenters. The van der Waals surface area contributed by atoms with Gasteiger partial charge in [0.2, 0.25) is 10.0 Å². The molecule has 2 aromatic rings. The molecule has 1 fully saturated rings. The van der Waals surface area contributed by atoms with Crippen molar-refractivity contribution in [2.45, 2.75) is 30.4 Å². The van der Waals surface area contributed by atoms with Gasteiger partial charge in [0, 0.05) is 13.1 Å².